The third-order valence-electron chi connectivity index (χ3n) is 1.78. The highest BCUT2D eigenvalue weighted by Crippen LogP contribution is 2.05. The molecule has 0 atom stereocenters. The first-order chi connectivity index (χ1) is 6.84. The number of nitrogens with one attached hydrogen (secondary N) is 1. The molecule has 0 heterocycles. The Labute approximate surface area is 86.3 Å². The first-order valence-corrected chi connectivity index (χ1v) is 5.28. The molecule has 0 spiro atoms. The summed E-state index contributed by atoms with van der Waals surface area (Å²) in [6, 6.07) is 6.91. The van der Waals surface area contributed by atoms with Crippen LogP contribution in [0.1, 0.15) is 26.3 Å². The van der Waals surface area contributed by atoms with Crippen molar-refractivity contribution in [3.05, 3.63) is 35.6 Å². The predicted molar refractivity (Wildman–Crippen MR) is 60.0 cm³/mol. The van der Waals surface area contributed by atoms with Gasteiger partial charge in [0.15, 0.2) is 0 Å². The molecular formula is C12H20FN. The van der Waals surface area contributed by atoms with Gasteiger partial charge < -0.3 is 5.32 Å². The van der Waals surface area contributed by atoms with Crippen LogP contribution in [-0.4, -0.2) is 13.1 Å². The van der Waals surface area contributed by atoms with Gasteiger partial charge in [-0.2, -0.15) is 0 Å². The molecule has 1 nitrogen and oxygen atoms in total. The Balaban J connectivity index is 0.000000791. The lowest BCUT2D eigenvalue weighted by Gasteiger charge is -2.02. The average molecular weight is 197 g/mol. The van der Waals surface area contributed by atoms with Crippen molar-refractivity contribution < 1.29 is 4.39 Å². The first kappa shape index (κ1) is 13.1. The van der Waals surface area contributed by atoms with Gasteiger partial charge in [0.1, 0.15) is 5.82 Å². The summed E-state index contributed by atoms with van der Waals surface area (Å²) in [6.07, 6.45) is 0.764. The Bertz CT molecular complexity index is 236. The van der Waals surface area contributed by atoms with Crippen molar-refractivity contribution >= 4 is 0 Å². The molecular weight excluding hydrogens is 177 g/mol. The van der Waals surface area contributed by atoms with Crippen molar-refractivity contribution in [1.82, 2.24) is 5.32 Å². The van der Waals surface area contributed by atoms with Gasteiger partial charge >= 0.3 is 0 Å². The third kappa shape index (κ3) is 4.97. The highest BCUT2D eigenvalue weighted by atomic mass is 19.1. The van der Waals surface area contributed by atoms with Gasteiger partial charge in [-0.25, -0.2) is 4.39 Å². The molecule has 0 fully saturated rings. The van der Waals surface area contributed by atoms with E-state index in [4.69, 9.17) is 0 Å². The van der Waals surface area contributed by atoms with Crippen molar-refractivity contribution in [3.8, 4) is 0 Å². The quantitative estimate of drug-likeness (QED) is 0.732. The fraction of sp³-hybridized carbons (Fsp3) is 0.500. The normalized spacial score (nSPS) is 9.14. The Morgan fingerprint density at radius 2 is 1.86 bits per heavy atom. The molecule has 0 radical (unpaired) electrons. The molecule has 0 unspecified atom stereocenters. The minimum absolute atomic E-state index is 0.101. The summed E-state index contributed by atoms with van der Waals surface area (Å²) in [4.78, 5) is 0. The van der Waals surface area contributed by atoms with E-state index in [1.54, 1.807) is 6.07 Å². The Kier molecular flexibility index (Phi) is 8.14. The van der Waals surface area contributed by atoms with E-state index in [1.165, 1.54) is 6.07 Å². The largest absolute Gasteiger partial charge is 0.317 e. The zero-order valence-electron chi connectivity index (χ0n) is 9.31. The highest BCUT2D eigenvalue weighted by molar-refractivity contribution is 5.17. The van der Waals surface area contributed by atoms with E-state index < -0.39 is 0 Å². The Morgan fingerprint density at radius 3 is 2.43 bits per heavy atom. The third-order valence-corrected chi connectivity index (χ3v) is 1.78. The zero-order chi connectivity index (χ0) is 10.8. The molecule has 1 aromatic rings. The van der Waals surface area contributed by atoms with Gasteiger partial charge in [-0.15, -0.1) is 0 Å². The minimum Gasteiger partial charge on any atom is -0.317 e. The van der Waals surface area contributed by atoms with Gasteiger partial charge in [0.25, 0.3) is 0 Å². The van der Waals surface area contributed by atoms with Crippen LogP contribution in [-0.2, 0) is 6.42 Å². The van der Waals surface area contributed by atoms with E-state index in [-0.39, 0.29) is 5.82 Å². The first-order valence-electron chi connectivity index (χ1n) is 5.28. The molecule has 1 rings (SSSR count). The van der Waals surface area contributed by atoms with Crippen molar-refractivity contribution in [2.45, 2.75) is 27.2 Å². The number of benzene rings is 1. The topological polar surface area (TPSA) is 12.0 Å². The summed E-state index contributed by atoms with van der Waals surface area (Å²) in [5.74, 6) is -0.101. The molecule has 0 aliphatic heterocycles. The molecule has 2 heteroatoms. The van der Waals surface area contributed by atoms with Crippen LogP contribution in [0.25, 0.3) is 0 Å². The van der Waals surface area contributed by atoms with Crippen molar-refractivity contribution in [1.29, 1.82) is 0 Å². The molecule has 0 aliphatic carbocycles. The van der Waals surface area contributed by atoms with E-state index >= 15 is 0 Å². The maximum absolute atomic E-state index is 13.0. The van der Waals surface area contributed by atoms with E-state index in [0.29, 0.717) is 0 Å². The van der Waals surface area contributed by atoms with Gasteiger partial charge in [-0.3, -0.25) is 0 Å². The second-order valence-electron chi connectivity index (χ2n) is 2.69. The van der Waals surface area contributed by atoms with E-state index in [2.05, 4.69) is 5.32 Å². The molecule has 0 saturated carbocycles. The highest BCUT2D eigenvalue weighted by Gasteiger charge is 1.98. The lowest BCUT2D eigenvalue weighted by atomic mass is 10.1. The van der Waals surface area contributed by atoms with Gasteiger partial charge in [0.05, 0.1) is 0 Å². The fourth-order valence-corrected chi connectivity index (χ4v) is 1.10. The van der Waals surface area contributed by atoms with Crippen molar-refractivity contribution in [3.63, 3.8) is 0 Å². The molecule has 1 aromatic carbocycles. The van der Waals surface area contributed by atoms with Gasteiger partial charge in [0.2, 0.25) is 0 Å². The van der Waals surface area contributed by atoms with Crippen LogP contribution in [0.5, 0.6) is 0 Å². The van der Waals surface area contributed by atoms with E-state index in [9.17, 15) is 4.39 Å². The van der Waals surface area contributed by atoms with Crippen LogP contribution in [0, 0.1) is 5.82 Å². The van der Waals surface area contributed by atoms with Crippen LogP contribution in [0.3, 0.4) is 0 Å². The second kappa shape index (κ2) is 8.70. The zero-order valence-corrected chi connectivity index (χ0v) is 9.31. The lowest BCUT2D eigenvalue weighted by Crippen LogP contribution is -2.16. The lowest BCUT2D eigenvalue weighted by molar-refractivity contribution is 0.601. The van der Waals surface area contributed by atoms with E-state index in [1.807, 2.05) is 32.9 Å². The Hall–Kier alpha value is -0.890. The van der Waals surface area contributed by atoms with Crippen LogP contribution < -0.4 is 5.32 Å². The molecule has 0 bridgehead atoms. The van der Waals surface area contributed by atoms with Gasteiger partial charge in [-0.1, -0.05) is 39.0 Å². The molecule has 0 aromatic heterocycles. The maximum Gasteiger partial charge on any atom is 0.126 e. The monoisotopic (exact) mass is 197 g/mol. The van der Waals surface area contributed by atoms with Crippen LogP contribution >= 0.6 is 0 Å². The maximum atomic E-state index is 13.0. The number of hydrogen-bond donors (Lipinski definition) is 1. The van der Waals surface area contributed by atoms with Crippen LogP contribution in [0.2, 0.25) is 0 Å². The standard InChI is InChI=1S/C10H14FN.C2H6/c1-2-12-8-7-9-5-3-4-6-10(9)11;1-2/h3-6,12H,2,7-8H2,1H3;1-2H3. The average Bonchev–Trinajstić information content (AvgIpc) is 2.24. The fourth-order valence-electron chi connectivity index (χ4n) is 1.10. The smallest absolute Gasteiger partial charge is 0.126 e. The summed E-state index contributed by atoms with van der Waals surface area (Å²) in [7, 11) is 0. The minimum atomic E-state index is -0.101. The molecule has 0 aliphatic rings. The second-order valence-corrected chi connectivity index (χ2v) is 2.69. The number of halogens is 1. The molecule has 0 saturated heterocycles. The molecule has 0 amide bonds. The number of hydrogen-bond acceptors (Lipinski definition) is 1. The summed E-state index contributed by atoms with van der Waals surface area (Å²) in [5, 5.41) is 3.16. The van der Waals surface area contributed by atoms with E-state index in [0.717, 1.165) is 25.1 Å². The van der Waals surface area contributed by atoms with Gasteiger partial charge in [0, 0.05) is 0 Å². The predicted octanol–water partition coefficient (Wildman–Crippen LogP) is 3.00. The number of likely N-dealkylation sites (N-methyl/N-ethyl adjacent to an activating group) is 1. The van der Waals surface area contributed by atoms with Crippen molar-refractivity contribution in [2.75, 3.05) is 13.1 Å². The SMILES string of the molecule is CC.CCNCCc1ccccc1F. The summed E-state index contributed by atoms with van der Waals surface area (Å²) < 4.78 is 13.0. The molecule has 80 valence electrons. The molecule has 14 heavy (non-hydrogen) atoms. The summed E-state index contributed by atoms with van der Waals surface area (Å²) in [5.41, 5.74) is 0.790. The number of rotatable bonds is 4. The molecule has 1 N–H and O–H groups in total. The van der Waals surface area contributed by atoms with Crippen molar-refractivity contribution in [2.24, 2.45) is 0 Å². The van der Waals surface area contributed by atoms with Gasteiger partial charge in [-0.05, 0) is 31.1 Å². The van der Waals surface area contributed by atoms with Crippen LogP contribution in [0.4, 0.5) is 4.39 Å². The summed E-state index contributed by atoms with van der Waals surface area (Å²) >= 11 is 0. The summed E-state index contributed by atoms with van der Waals surface area (Å²) in [6.45, 7) is 7.83. The Morgan fingerprint density at radius 1 is 1.21 bits per heavy atom. The van der Waals surface area contributed by atoms with Crippen LogP contribution in [0.15, 0.2) is 24.3 Å².